The Morgan fingerprint density at radius 3 is 1.54 bits per heavy atom. The molecule has 35 heavy (non-hydrogen) atoms. The maximum absolute atomic E-state index is 2.62. The third-order valence-electron chi connectivity index (χ3n) is 8.69. The molecule has 0 nitrogen and oxygen atoms in total. The lowest BCUT2D eigenvalue weighted by atomic mass is 10.0. The van der Waals surface area contributed by atoms with E-state index in [-0.39, 0.29) is 5.04 Å². The third kappa shape index (κ3) is 3.95. The highest BCUT2D eigenvalue weighted by molar-refractivity contribution is 7.14. The molecule has 0 spiro atoms. The molecule has 3 aromatic carbocycles. The van der Waals surface area contributed by atoms with Gasteiger partial charge in [-0.25, -0.2) is 0 Å². The van der Waals surface area contributed by atoms with E-state index in [9.17, 15) is 0 Å². The van der Waals surface area contributed by atoms with Crippen LogP contribution in [0.5, 0.6) is 0 Å². The highest BCUT2D eigenvalue weighted by Gasteiger charge is 2.57. The number of rotatable bonds is 5. The van der Waals surface area contributed by atoms with Gasteiger partial charge in [0.25, 0.3) is 0 Å². The lowest BCUT2D eigenvalue weighted by Gasteiger charge is -2.48. The van der Waals surface area contributed by atoms with Gasteiger partial charge in [0.2, 0.25) is 0 Å². The van der Waals surface area contributed by atoms with E-state index in [0.717, 1.165) is 0 Å². The zero-order chi connectivity index (χ0) is 25.8. The highest BCUT2D eigenvalue weighted by Crippen LogP contribution is 2.53. The second kappa shape index (κ2) is 8.90. The van der Waals surface area contributed by atoms with Crippen molar-refractivity contribution in [1.82, 2.24) is 0 Å². The molecular weight excluding hydrogens is 453 g/mol. The fourth-order valence-electron chi connectivity index (χ4n) is 6.46. The highest BCUT2D eigenvalue weighted by atomic mass is 28.3. The summed E-state index contributed by atoms with van der Waals surface area (Å²) in [4.78, 5) is 0. The molecule has 4 rings (SSSR count). The van der Waals surface area contributed by atoms with Crippen molar-refractivity contribution in [1.29, 1.82) is 0 Å². The average Bonchev–Trinajstić information content (AvgIpc) is 2.99. The Morgan fingerprint density at radius 1 is 0.629 bits per heavy atom. The molecule has 0 saturated carbocycles. The van der Waals surface area contributed by atoms with Crippen LogP contribution in [0.4, 0.5) is 0 Å². The van der Waals surface area contributed by atoms with Crippen molar-refractivity contribution in [3.05, 3.63) is 106 Å². The molecule has 0 aromatic heterocycles. The Bertz CT molecular complexity index is 1300. The van der Waals surface area contributed by atoms with Gasteiger partial charge in [0.15, 0.2) is 8.07 Å². The van der Waals surface area contributed by atoms with Gasteiger partial charge in [-0.2, -0.15) is 0 Å². The standard InChI is InChI=1S/C33H42Si2/c1-23-19-29(34(8,9)10)21-30(20-23)35(31-17-13-11-15-24(31)2,32-18-14-12-16-25(32)3)33(7)22-26(4)27(5)28(33)6/h11-22H,1-10H3. The van der Waals surface area contributed by atoms with Crippen LogP contribution in [0.25, 0.3) is 0 Å². The number of allylic oxidation sites excluding steroid dienone is 4. The summed E-state index contributed by atoms with van der Waals surface area (Å²) in [6.07, 6.45) is 2.62. The summed E-state index contributed by atoms with van der Waals surface area (Å²) in [5.74, 6) is 0. The minimum absolute atomic E-state index is 0.0656. The maximum Gasteiger partial charge on any atom is 0.162 e. The summed E-state index contributed by atoms with van der Waals surface area (Å²) in [7, 11) is -4.12. The van der Waals surface area contributed by atoms with E-state index in [4.69, 9.17) is 0 Å². The number of hydrogen-bond donors (Lipinski definition) is 0. The van der Waals surface area contributed by atoms with Crippen LogP contribution in [-0.2, 0) is 0 Å². The second-order valence-corrected chi connectivity index (χ2v) is 21.3. The van der Waals surface area contributed by atoms with Gasteiger partial charge in [0.05, 0.1) is 8.07 Å². The average molecular weight is 495 g/mol. The van der Waals surface area contributed by atoms with Gasteiger partial charge in [0.1, 0.15) is 0 Å². The molecule has 2 heteroatoms. The molecule has 3 aromatic rings. The molecule has 0 heterocycles. The minimum atomic E-state index is -2.60. The van der Waals surface area contributed by atoms with Crippen LogP contribution in [0.15, 0.2) is 89.5 Å². The van der Waals surface area contributed by atoms with E-state index in [0.29, 0.717) is 0 Å². The zero-order valence-corrected chi connectivity index (χ0v) is 25.4. The summed E-state index contributed by atoms with van der Waals surface area (Å²) in [5, 5.41) is 6.14. The van der Waals surface area contributed by atoms with E-state index < -0.39 is 16.1 Å². The van der Waals surface area contributed by atoms with Gasteiger partial charge in [0, 0.05) is 5.04 Å². The molecule has 0 saturated heterocycles. The first-order valence-electron chi connectivity index (χ1n) is 13.0. The molecule has 1 aliphatic rings. The monoisotopic (exact) mass is 494 g/mol. The van der Waals surface area contributed by atoms with Crippen LogP contribution in [0.2, 0.25) is 24.7 Å². The maximum atomic E-state index is 2.62. The molecule has 0 N–H and O–H groups in total. The Balaban J connectivity index is 2.31. The largest absolute Gasteiger partial charge is 0.162 e. The Hall–Kier alpha value is -2.43. The molecule has 0 radical (unpaired) electrons. The normalized spacial score (nSPS) is 18.7. The lowest BCUT2D eigenvalue weighted by Crippen LogP contribution is -2.74. The van der Waals surface area contributed by atoms with E-state index in [2.05, 4.69) is 141 Å². The first-order chi connectivity index (χ1) is 16.3. The fraction of sp³-hybridized carbons (Fsp3) is 0.333. The van der Waals surface area contributed by atoms with Crippen molar-refractivity contribution < 1.29 is 0 Å². The van der Waals surface area contributed by atoms with Crippen LogP contribution in [-0.4, -0.2) is 16.1 Å². The van der Waals surface area contributed by atoms with E-state index in [1.807, 2.05) is 0 Å². The topological polar surface area (TPSA) is 0 Å². The number of benzene rings is 3. The van der Waals surface area contributed by atoms with Gasteiger partial charge >= 0.3 is 0 Å². The molecule has 0 fully saturated rings. The summed E-state index contributed by atoms with van der Waals surface area (Å²) in [6, 6.07) is 26.1. The van der Waals surface area contributed by atoms with E-state index in [1.54, 1.807) is 20.7 Å². The van der Waals surface area contributed by atoms with E-state index >= 15 is 0 Å². The van der Waals surface area contributed by atoms with Crippen LogP contribution < -0.4 is 20.7 Å². The van der Waals surface area contributed by atoms with Crippen molar-refractivity contribution >= 4 is 36.9 Å². The molecule has 1 atom stereocenters. The van der Waals surface area contributed by atoms with Gasteiger partial charge in [-0.3, -0.25) is 0 Å². The summed E-state index contributed by atoms with van der Waals surface area (Å²) in [5.41, 5.74) is 8.63. The van der Waals surface area contributed by atoms with Gasteiger partial charge in [-0.15, -0.1) is 0 Å². The SMILES string of the molecule is CC1=CC(C)([Si](c2cc(C)cc([Si](C)(C)C)c2)(c2ccccc2C)c2ccccc2C)C(C)=C1C. The Labute approximate surface area is 215 Å². The predicted molar refractivity (Wildman–Crippen MR) is 162 cm³/mol. The van der Waals surface area contributed by atoms with Crippen molar-refractivity contribution in [2.24, 2.45) is 0 Å². The van der Waals surface area contributed by atoms with Crippen LogP contribution in [0.3, 0.4) is 0 Å². The minimum Gasteiger partial charge on any atom is -0.0730 e. The van der Waals surface area contributed by atoms with Crippen molar-refractivity contribution in [3.8, 4) is 0 Å². The molecule has 182 valence electrons. The molecular formula is C33H42Si2. The Morgan fingerprint density at radius 2 is 1.11 bits per heavy atom. The van der Waals surface area contributed by atoms with Crippen molar-refractivity contribution in [2.45, 2.75) is 73.1 Å². The van der Waals surface area contributed by atoms with Crippen LogP contribution in [0, 0.1) is 20.8 Å². The molecule has 0 bridgehead atoms. The first-order valence-corrected chi connectivity index (χ1v) is 18.5. The Kier molecular flexibility index (Phi) is 6.53. The van der Waals surface area contributed by atoms with Gasteiger partial charge in [-0.1, -0.05) is 132 Å². The summed E-state index contributed by atoms with van der Waals surface area (Å²) < 4.78 is 0. The van der Waals surface area contributed by atoms with Crippen molar-refractivity contribution in [3.63, 3.8) is 0 Å². The number of hydrogen-bond acceptors (Lipinski definition) is 0. The quantitative estimate of drug-likeness (QED) is 0.274. The van der Waals surface area contributed by atoms with Crippen LogP contribution in [0.1, 0.15) is 44.4 Å². The second-order valence-electron chi connectivity index (χ2n) is 12.0. The molecule has 1 aliphatic carbocycles. The van der Waals surface area contributed by atoms with Gasteiger partial charge in [-0.05, 0) is 62.7 Å². The molecule has 0 aliphatic heterocycles. The lowest BCUT2D eigenvalue weighted by molar-refractivity contribution is 0.869. The number of aryl methyl sites for hydroxylation is 3. The molecule has 0 amide bonds. The van der Waals surface area contributed by atoms with Crippen molar-refractivity contribution in [2.75, 3.05) is 0 Å². The first kappa shape index (κ1) is 25.7. The smallest absolute Gasteiger partial charge is 0.0730 e. The molecule has 1 unspecified atom stereocenters. The zero-order valence-electron chi connectivity index (χ0n) is 23.4. The third-order valence-corrected chi connectivity index (χ3v) is 16.7. The van der Waals surface area contributed by atoms with Gasteiger partial charge < -0.3 is 0 Å². The predicted octanol–water partition coefficient (Wildman–Crippen LogP) is 6.68. The summed E-state index contributed by atoms with van der Waals surface area (Å²) in [6.45, 7) is 24.0. The summed E-state index contributed by atoms with van der Waals surface area (Å²) >= 11 is 0. The van der Waals surface area contributed by atoms with E-state index in [1.165, 1.54) is 33.4 Å². The fourth-order valence-corrected chi connectivity index (χ4v) is 14.5. The van der Waals surface area contributed by atoms with Crippen LogP contribution >= 0.6 is 0 Å².